The van der Waals surface area contributed by atoms with Crippen LogP contribution in [0.15, 0.2) is 18.2 Å². The van der Waals surface area contributed by atoms with E-state index in [0.717, 1.165) is 6.07 Å². The van der Waals surface area contributed by atoms with Crippen molar-refractivity contribution in [2.24, 2.45) is 0 Å². The Morgan fingerprint density at radius 3 is 2.79 bits per heavy atom. The van der Waals surface area contributed by atoms with Crippen molar-refractivity contribution >= 4 is 5.97 Å². The van der Waals surface area contributed by atoms with E-state index < -0.39 is 24.2 Å². The second kappa shape index (κ2) is 4.55. The maximum absolute atomic E-state index is 13.0. The molecule has 76 valence electrons. The Labute approximate surface area is 78.9 Å². The van der Waals surface area contributed by atoms with Crippen LogP contribution in [0.5, 0.6) is 5.75 Å². The van der Waals surface area contributed by atoms with Gasteiger partial charge in [0.05, 0.1) is 0 Å². The molecular weight excluding hydrogens is 194 g/mol. The lowest BCUT2D eigenvalue weighted by molar-refractivity contribution is 0.0690. The van der Waals surface area contributed by atoms with Crippen LogP contribution in [0.3, 0.4) is 0 Å². The predicted molar refractivity (Wildman–Crippen MR) is 44.8 cm³/mol. The van der Waals surface area contributed by atoms with E-state index in [1.807, 2.05) is 0 Å². The zero-order valence-corrected chi connectivity index (χ0v) is 7.17. The van der Waals surface area contributed by atoms with Crippen molar-refractivity contribution < 1.29 is 23.4 Å². The third kappa shape index (κ3) is 2.18. The summed E-state index contributed by atoms with van der Waals surface area (Å²) in [5, 5.41) is 8.65. The Hall–Kier alpha value is -1.65. The lowest BCUT2D eigenvalue weighted by atomic mass is 10.2. The Morgan fingerprint density at radius 2 is 2.21 bits per heavy atom. The summed E-state index contributed by atoms with van der Waals surface area (Å²) in [6.45, 7) is -1.16. The van der Waals surface area contributed by atoms with Gasteiger partial charge in [-0.3, -0.25) is 0 Å². The van der Waals surface area contributed by atoms with Crippen LogP contribution >= 0.6 is 0 Å². The van der Waals surface area contributed by atoms with E-state index in [2.05, 4.69) is 4.74 Å². The van der Waals surface area contributed by atoms with E-state index in [4.69, 9.17) is 5.11 Å². The van der Waals surface area contributed by atoms with Gasteiger partial charge >= 0.3 is 5.97 Å². The van der Waals surface area contributed by atoms with Gasteiger partial charge in [0.1, 0.15) is 18.8 Å². The van der Waals surface area contributed by atoms with Crippen molar-refractivity contribution in [2.45, 2.75) is 0 Å². The molecule has 14 heavy (non-hydrogen) atoms. The highest BCUT2D eigenvalue weighted by Crippen LogP contribution is 2.22. The topological polar surface area (TPSA) is 46.5 Å². The molecule has 0 aromatic heterocycles. The molecule has 0 bridgehead atoms. The number of alkyl halides is 1. The monoisotopic (exact) mass is 202 g/mol. The summed E-state index contributed by atoms with van der Waals surface area (Å²) in [5.74, 6) is -2.53. The summed E-state index contributed by atoms with van der Waals surface area (Å²) < 4.78 is 29.4. The number of hydrogen-bond acceptors (Lipinski definition) is 2. The first-order valence-electron chi connectivity index (χ1n) is 3.87. The summed E-state index contributed by atoms with van der Waals surface area (Å²) in [4.78, 5) is 10.6. The van der Waals surface area contributed by atoms with Gasteiger partial charge in [0, 0.05) is 0 Å². The van der Waals surface area contributed by atoms with Crippen LogP contribution in [0.25, 0.3) is 0 Å². The van der Waals surface area contributed by atoms with Crippen molar-refractivity contribution in [2.75, 3.05) is 13.3 Å². The number of carboxylic acid groups (broad SMARTS) is 1. The molecule has 1 aromatic rings. The average molecular weight is 202 g/mol. The van der Waals surface area contributed by atoms with Gasteiger partial charge in [-0.15, -0.1) is 0 Å². The summed E-state index contributed by atoms with van der Waals surface area (Å²) in [7, 11) is 0. The van der Waals surface area contributed by atoms with Gasteiger partial charge in [0.15, 0.2) is 11.6 Å². The Kier molecular flexibility index (Phi) is 3.39. The minimum Gasteiger partial charge on any atom is -0.487 e. The number of benzene rings is 1. The fourth-order valence-corrected chi connectivity index (χ4v) is 0.965. The van der Waals surface area contributed by atoms with Crippen LogP contribution in [0.4, 0.5) is 8.78 Å². The van der Waals surface area contributed by atoms with Crippen molar-refractivity contribution in [1.29, 1.82) is 0 Å². The van der Waals surface area contributed by atoms with E-state index in [9.17, 15) is 13.6 Å². The summed E-state index contributed by atoms with van der Waals surface area (Å²) >= 11 is 0. The number of aromatic carboxylic acids is 1. The molecule has 1 rings (SSSR count). The van der Waals surface area contributed by atoms with Gasteiger partial charge in [-0.25, -0.2) is 13.6 Å². The lowest BCUT2D eigenvalue weighted by Crippen LogP contribution is -2.07. The van der Waals surface area contributed by atoms with Crippen LogP contribution in [-0.2, 0) is 0 Å². The molecule has 0 aliphatic heterocycles. The first-order chi connectivity index (χ1) is 6.66. The molecule has 0 spiro atoms. The SMILES string of the molecule is O=C(O)c1cccc(F)c1OCCF. The molecule has 1 aromatic carbocycles. The van der Waals surface area contributed by atoms with Crippen molar-refractivity contribution in [3.63, 3.8) is 0 Å². The van der Waals surface area contributed by atoms with Crippen LogP contribution < -0.4 is 4.74 Å². The number of ether oxygens (including phenoxy) is 1. The maximum Gasteiger partial charge on any atom is 0.339 e. The third-order valence-corrected chi connectivity index (χ3v) is 1.52. The fraction of sp³-hybridized carbons (Fsp3) is 0.222. The summed E-state index contributed by atoms with van der Waals surface area (Å²) in [6, 6.07) is 3.50. The van der Waals surface area contributed by atoms with Gasteiger partial charge < -0.3 is 9.84 Å². The van der Waals surface area contributed by atoms with Gasteiger partial charge in [-0.2, -0.15) is 0 Å². The molecular formula is C9H8F2O3. The molecule has 0 fully saturated rings. The fourth-order valence-electron chi connectivity index (χ4n) is 0.965. The predicted octanol–water partition coefficient (Wildman–Crippen LogP) is 1.87. The highest BCUT2D eigenvalue weighted by molar-refractivity contribution is 5.90. The van der Waals surface area contributed by atoms with E-state index in [1.165, 1.54) is 12.1 Å². The zero-order chi connectivity index (χ0) is 10.6. The van der Waals surface area contributed by atoms with E-state index in [1.54, 1.807) is 0 Å². The van der Waals surface area contributed by atoms with Crippen LogP contribution in [0, 0.1) is 5.82 Å². The van der Waals surface area contributed by atoms with Gasteiger partial charge in [-0.1, -0.05) is 6.07 Å². The van der Waals surface area contributed by atoms with Crippen LogP contribution in [0.2, 0.25) is 0 Å². The van der Waals surface area contributed by atoms with Crippen molar-refractivity contribution in [1.82, 2.24) is 0 Å². The Morgan fingerprint density at radius 1 is 1.50 bits per heavy atom. The van der Waals surface area contributed by atoms with Gasteiger partial charge in [0.25, 0.3) is 0 Å². The molecule has 1 N–H and O–H groups in total. The molecule has 3 nitrogen and oxygen atoms in total. The molecule has 0 atom stereocenters. The number of rotatable bonds is 4. The average Bonchev–Trinajstić information content (AvgIpc) is 2.15. The summed E-state index contributed by atoms with van der Waals surface area (Å²) in [5.41, 5.74) is -0.307. The first-order valence-corrected chi connectivity index (χ1v) is 3.87. The molecule has 0 radical (unpaired) electrons. The van der Waals surface area contributed by atoms with Crippen molar-refractivity contribution in [3.05, 3.63) is 29.6 Å². The zero-order valence-electron chi connectivity index (χ0n) is 7.17. The summed E-state index contributed by atoms with van der Waals surface area (Å²) in [6.07, 6.45) is 0. The molecule has 0 saturated heterocycles. The molecule has 0 aliphatic carbocycles. The second-order valence-corrected chi connectivity index (χ2v) is 2.46. The molecule has 0 amide bonds. The lowest BCUT2D eigenvalue weighted by Gasteiger charge is -2.07. The largest absolute Gasteiger partial charge is 0.487 e. The highest BCUT2D eigenvalue weighted by Gasteiger charge is 2.15. The normalized spacial score (nSPS) is 9.86. The standard InChI is InChI=1S/C9H8F2O3/c10-4-5-14-8-6(9(12)13)2-1-3-7(8)11/h1-3H,4-5H2,(H,12,13). The van der Waals surface area contributed by atoms with Gasteiger partial charge in [-0.05, 0) is 12.1 Å². The molecule has 0 saturated carbocycles. The minimum absolute atomic E-state index is 0.307. The molecule has 5 heteroatoms. The van der Waals surface area contributed by atoms with Gasteiger partial charge in [0.2, 0.25) is 0 Å². The molecule has 0 heterocycles. The Balaban J connectivity index is 3.02. The number of para-hydroxylation sites is 1. The third-order valence-electron chi connectivity index (χ3n) is 1.52. The maximum atomic E-state index is 13.0. The highest BCUT2D eigenvalue weighted by atomic mass is 19.1. The minimum atomic E-state index is -1.31. The number of carbonyl (C=O) groups is 1. The molecule has 0 unspecified atom stereocenters. The van der Waals surface area contributed by atoms with Crippen molar-refractivity contribution in [3.8, 4) is 5.75 Å². The number of hydrogen-bond donors (Lipinski definition) is 1. The first kappa shape index (κ1) is 10.4. The number of halogens is 2. The van der Waals surface area contributed by atoms with E-state index >= 15 is 0 Å². The molecule has 0 aliphatic rings. The number of carboxylic acids is 1. The smallest absolute Gasteiger partial charge is 0.339 e. The van der Waals surface area contributed by atoms with E-state index in [0.29, 0.717) is 0 Å². The van der Waals surface area contributed by atoms with Crippen LogP contribution in [-0.4, -0.2) is 24.4 Å². The Bertz CT molecular complexity index is 339. The van der Waals surface area contributed by atoms with Crippen LogP contribution in [0.1, 0.15) is 10.4 Å². The second-order valence-electron chi connectivity index (χ2n) is 2.46. The quantitative estimate of drug-likeness (QED) is 0.810. The van der Waals surface area contributed by atoms with E-state index in [-0.39, 0.29) is 12.2 Å².